The zero-order valence-corrected chi connectivity index (χ0v) is 9.97. The Kier molecular flexibility index (Phi) is 3.11. The molecule has 1 aromatic rings. The number of nitrogens with one attached hydrogen (secondary N) is 2. The van der Waals surface area contributed by atoms with E-state index in [1.54, 1.807) is 0 Å². The second-order valence-electron chi connectivity index (χ2n) is 5.14. The third-order valence-electron chi connectivity index (χ3n) is 3.86. The lowest BCUT2D eigenvalue weighted by Crippen LogP contribution is -2.50. The maximum atomic E-state index is 5.95. The molecule has 4 heteroatoms. The number of hydrazine groups is 1. The van der Waals surface area contributed by atoms with Crippen molar-refractivity contribution in [1.29, 1.82) is 0 Å². The van der Waals surface area contributed by atoms with Gasteiger partial charge >= 0.3 is 0 Å². The van der Waals surface area contributed by atoms with Crippen LogP contribution in [0, 0.1) is 5.92 Å². The van der Waals surface area contributed by atoms with E-state index in [2.05, 4.69) is 46.1 Å². The van der Waals surface area contributed by atoms with Gasteiger partial charge in [0.2, 0.25) is 0 Å². The zero-order chi connectivity index (χ0) is 11.7. The minimum absolute atomic E-state index is 0.103. The van der Waals surface area contributed by atoms with Gasteiger partial charge in [-0.1, -0.05) is 30.3 Å². The highest BCUT2D eigenvalue weighted by Crippen LogP contribution is 2.27. The quantitative estimate of drug-likeness (QED) is 0.691. The van der Waals surface area contributed by atoms with Crippen LogP contribution in [0.2, 0.25) is 0 Å². The zero-order valence-electron chi connectivity index (χ0n) is 9.97. The number of nitrogens with two attached hydrogens (primary N) is 1. The lowest BCUT2D eigenvalue weighted by Gasteiger charge is -2.41. The van der Waals surface area contributed by atoms with Crippen molar-refractivity contribution < 1.29 is 0 Å². The fraction of sp³-hybridized carbons (Fsp3) is 0.538. The van der Waals surface area contributed by atoms with E-state index in [1.165, 1.54) is 18.7 Å². The van der Waals surface area contributed by atoms with Crippen LogP contribution < -0.4 is 16.6 Å². The van der Waals surface area contributed by atoms with Crippen molar-refractivity contribution >= 4 is 0 Å². The number of rotatable bonds is 3. The van der Waals surface area contributed by atoms with Crippen molar-refractivity contribution in [3.63, 3.8) is 0 Å². The van der Waals surface area contributed by atoms with Gasteiger partial charge in [0.05, 0.1) is 6.17 Å². The maximum Gasteiger partial charge on any atom is 0.0732 e. The average Bonchev–Trinajstić information content (AvgIpc) is 2.70. The fourth-order valence-electron chi connectivity index (χ4n) is 2.72. The number of hydrogen-bond acceptors (Lipinski definition) is 4. The van der Waals surface area contributed by atoms with Crippen LogP contribution >= 0.6 is 0 Å². The van der Waals surface area contributed by atoms with Crippen LogP contribution in [0.5, 0.6) is 0 Å². The van der Waals surface area contributed by atoms with Crippen molar-refractivity contribution in [3.8, 4) is 0 Å². The Labute approximate surface area is 102 Å². The van der Waals surface area contributed by atoms with Crippen LogP contribution in [0.15, 0.2) is 30.3 Å². The summed E-state index contributed by atoms with van der Waals surface area (Å²) in [5.74, 6) is 1.25. The van der Waals surface area contributed by atoms with Gasteiger partial charge in [-0.15, -0.1) is 0 Å². The smallest absolute Gasteiger partial charge is 0.0732 e. The normalized spacial score (nSPS) is 30.4. The van der Waals surface area contributed by atoms with Crippen molar-refractivity contribution in [1.82, 2.24) is 15.8 Å². The number of hydrogen-bond donors (Lipinski definition) is 3. The standard InChI is InChI=1S/C13H20N4/c14-13-11(6-15-16-13)7-17-8-12(9-17)10-4-2-1-3-5-10/h1-5,11-13,15-16H,6-9,14H2. The highest BCUT2D eigenvalue weighted by atomic mass is 15.4. The Morgan fingerprint density at radius 2 is 2.00 bits per heavy atom. The third kappa shape index (κ3) is 2.35. The van der Waals surface area contributed by atoms with E-state index in [-0.39, 0.29) is 6.17 Å². The van der Waals surface area contributed by atoms with E-state index in [4.69, 9.17) is 5.73 Å². The molecule has 2 unspecified atom stereocenters. The molecule has 4 N–H and O–H groups in total. The Morgan fingerprint density at radius 1 is 1.24 bits per heavy atom. The predicted octanol–water partition coefficient (Wildman–Crippen LogP) is 0.0946. The molecule has 0 bridgehead atoms. The Bertz CT molecular complexity index is 361. The minimum Gasteiger partial charge on any atom is -0.315 e. The third-order valence-corrected chi connectivity index (χ3v) is 3.86. The molecule has 3 rings (SSSR count). The molecule has 0 radical (unpaired) electrons. The number of benzene rings is 1. The fourth-order valence-corrected chi connectivity index (χ4v) is 2.72. The summed E-state index contributed by atoms with van der Waals surface area (Å²) in [5, 5.41) is 0. The maximum absolute atomic E-state index is 5.95. The van der Waals surface area contributed by atoms with Crippen LogP contribution in [0.1, 0.15) is 11.5 Å². The van der Waals surface area contributed by atoms with Crippen molar-refractivity contribution in [2.45, 2.75) is 12.1 Å². The van der Waals surface area contributed by atoms with E-state index >= 15 is 0 Å². The van der Waals surface area contributed by atoms with Crippen molar-refractivity contribution in [2.75, 3.05) is 26.2 Å². The molecule has 1 aromatic carbocycles. The molecule has 4 nitrogen and oxygen atoms in total. The van der Waals surface area contributed by atoms with Gasteiger partial charge in [-0.25, -0.2) is 5.43 Å². The van der Waals surface area contributed by atoms with Gasteiger partial charge < -0.3 is 10.6 Å². The van der Waals surface area contributed by atoms with Crippen LogP contribution in [0.25, 0.3) is 0 Å². The molecule has 0 aliphatic carbocycles. The van der Waals surface area contributed by atoms with Crippen molar-refractivity contribution in [3.05, 3.63) is 35.9 Å². The van der Waals surface area contributed by atoms with Crippen LogP contribution in [0.4, 0.5) is 0 Å². The first kappa shape index (κ1) is 11.2. The Morgan fingerprint density at radius 3 is 2.65 bits per heavy atom. The van der Waals surface area contributed by atoms with Gasteiger partial charge in [0.1, 0.15) is 0 Å². The van der Waals surface area contributed by atoms with Crippen molar-refractivity contribution in [2.24, 2.45) is 11.7 Å². The molecule has 2 atom stereocenters. The van der Waals surface area contributed by atoms with E-state index in [1.807, 2.05) is 0 Å². The molecule has 17 heavy (non-hydrogen) atoms. The second-order valence-corrected chi connectivity index (χ2v) is 5.14. The first-order valence-corrected chi connectivity index (χ1v) is 6.34. The lowest BCUT2D eigenvalue weighted by molar-refractivity contribution is 0.122. The van der Waals surface area contributed by atoms with Crippen LogP contribution in [-0.4, -0.2) is 37.2 Å². The van der Waals surface area contributed by atoms with E-state index in [9.17, 15) is 0 Å². The van der Waals surface area contributed by atoms with Gasteiger partial charge in [0.25, 0.3) is 0 Å². The van der Waals surface area contributed by atoms with E-state index in [0.29, 0.717) is 5.92 Å². The summed E-state index contributed by atoms with van der Waals surface area (Å²) in [6.45, 7) is 4.43. The average molecular weight is 232 g/mol. The molecule has 0 saturated carbocycles. The van der Waals surface area contributed by atoms with Gasteiger partial charge in [-0.3, -0.25) is 5.43 Å². The first-order valence-electron chi connectivity index (χ1n) is 6.34. The van der Waals surface area contributed by atoms with E-state index in [0.717, 1.165) is 19.0 Å². The summed E-state index contributed by atoms with van der Waals surface area (Å²) in [5.41, 5.74) is 13.6. The first-order chi connectivity index (χ1) is 8.33. The highest BCUT2D eigenvalue weighted by molar-refractivity contribution is 5.22. The topological polar surface area (TPSA) is 53.3 Å². The molecule has 0 spiro atoms. The SMILES string of the molecule is NC1NNCC1CN1CC(c2ccccc2)C1. The van der Waals surface area contributed by atoms with Gasteiger partial charge in [0, 0.05) is 38.0 Å². The summed E-state index contributed by atoms with van der Waals surface area (Å²) in [6.07, 6.45) is 0.103. The summed E-state index contributed by atoms with van der Waals surface area (Å²) in [4.78, 5) is 2.50. The Balaban J connectivity index is 1.49. The predicted molar refractivity (Wildman–Crippen MR) is 68.2 cm³/mol. The minimum atomic E-state index is 0.103. The van der Waals surface area contributed by atoms with Crippen LogP contribution in [0.3, 0.4) is 0 Å². The van der Waals surface area contributed by atoms with Gasteiger partial charge in [-0.2, -0.15) is 0 Å². The summed E-state index contributed by atoms with van der Waals surface area (Å²) in [7, 11) is 0. The molecule has 2 saturated heterocycles. The largest absolute Gasteiger partial charge is 0.315 e. The Hall–Kier alpha value is -0.940. The molecule has 2 aliphatic rings. The summed E-state index contributed by atoms with van der Waals surface area (Å²) >= 11 is 0. The molecule has 2 heterocycles. The second kappa shape index (κ2) is 4.74. The van der Waals surface area contributed by atoms with E-state index < -0.39 is 0 Å². The summed E-state index contributed by atoms with van der Waals surface area (Å²) < 4.78 is 0. The lowest BCUT2D eigenvalue weighted by atomic mass is 9.90. The number of nitrogens with zero attached hydrogens (tertiary/aromatic N) is 1. The molecular formula is C13H20N4. The molecular weight excluding hydrogens is 212 g/mol. The number of likely N-dealkylation sites (tertiary alicyclic amines) is 1. The molecule has 2 aliphatic heterocycles. The molecule has 0 amide bonds. The highest BCUT2D eigenvalue weighted by Gasteiger charge is 2.32. The molecule has 92 valence electrons. The molecule has 0 aromatic heterocycles. The summed E-state index contributed by atoms with van der Waals surface area (Å²) in [6, 6.07) is 10.8. The molecule has 2 fully saturated rings. The van der Waals surface area contributed by atoms with Gasteiger partial charge in [-0.05, 0) is 5.56 Å². The van der Waals surface area contributed by atoms with Gasteiger partial charge in [0.15, 0.2) is 0 Å². The monoisotopic (exact) mass is 232 g/mol. The van der Waals surface area contributed by atoms with Crippen LogP contribution in [-0.2, 0) is 0 Å².